The summed E-state index contributed by atoms with van der Waals surface area (Å²) in [4.78, 5) is 22.8. The summed E-state index contributed by atoms with van der Waals surface area (Å²) in [6, 6.07) is 9.09. The van der Waals surface area contributed by atoms with E-state index in [2.05, 4.69) is 30.5 Å². The molecule has 0 aliphatic heterocycles. The molecule has 3 rings (SSSR count). The van der Waals surface area contributed by atoms with Crippen LogP contribution in [0.2, 0.25) is 0 Å². The summed E-state index contributed by atoms with van der Waals surface area (Å²) >= 11 is 0. The monoisotopic (exact) mass is 375 g/mol. The van der Waals surface area contributed by atoms with Crippen LogP contribution in [0.1, 0.15) is 5.56 Å². The van der Waals surface area contributed by atoms with E-state index >= 15 is 0 Å². The van der Waals surface area contributed by atoms with E-state index in [-0.39, 0.29) is 28.4 Å². The number of nitriles is 1. The quantitative estimate of drug-likeness (QED) is 0.388. The number of nitro benzene ring substituents is 1. The van der Waals surface area contributed by atoms with Crippen LogP contribution in [0.4, 0.5) is 28.7 Å². The molecule has 0 amide bonds. The van der Waals surface area contributed by atoms with Crippen molar-refractivity contribution >= 4 is 28.7 Å². The zero-order valence-corrected chi connectivity index (χ0v) is 14.6. The Hall–Kier alpha value is -4.46. The Labute approximate surface area is 158 Å². The first-order chi connectivity index (χ1) is 13.5. The third-order valence-electron chi connectivity index (χ3n) is 3.64. The SMILES string of the molecule is CNc1nc(-c2cccnc2)nc(N)c1/N=N/c1ccc([N+](=O)[O-])cc1C#N. The molecular formula is C17H13N9O2. The van der Waals surface area contributed by atoms with Gasteiger partial charge in [-0.05, 0) is 18.2 Å². The number of non-ortho nitro benzene ring substituents is 1. The average Bonchev–Trinajstić information content (AvgIpc) is 2.72. The Morgan fingerprint density at radius 2 is 2.11 bits per heavy atom. The minimum atomic E-state index is -0.593. The number of nitrogen functional groups attached to an aromatic ring is 1. The van der Waals surface area contributed by atoms with E-state index in [9.17, 15) is 15.4 Å². The Morgan fingerprint density at radius 3 is 2.75 bits per heavy atom. The maximum Gasteiger partial charge on any atom is 0.270 e. The molecular weight excluding hydrogens is 362 g/mol. The molecule has 0 aliphatic carbocycles. The topological polar surface area (TPSA) is 168 Å². The minimum Gasteiger partial charge on any atom is -0.382 e. The number of nitrogens with two attached hydrogens (primary N) is 1. The van der Waals surface area contributed by atoms with Crippen molar-refractivity contribution in [2.75, 3.05) is 18.1 Å². The largest absolute Gasteiger partial charge is 0.382 e. The summed E-state index contributed by atoms with van der Waals surface area (Å²) in [6.07, 6.45) is 3.23. The smallest absolute Gasteiger partial charge is 0.270 e. The highest BCUT2D eigenvalue weighted by Gasteiger charge is 2.14. The third kappa shape index (κ3) is 3.70. The summed E-state index contributed by atoms with van der Waals surface area (Å²) in [5.41, 5.74) is 6.82. The number of nitro groups is 1. The fourth-order valence-corrected chi connectivity index (χ4v) is 2.29. The van der Waals surface area contributed by atoms with Gasteiger partial charge in [-0.25, -0.2) is 9.97 Å². The van der Waals surface area contributed by atoms with Gasteiger partial charge in [0.1, 0.15) is 11.8 Å². The molecule has 0 unspecified atom stereocenters. The number of anilines is 2. The van der Waals surface area contributed by atoms with Crippen molar-refractivity contribution in [1.29, 1.82) is 5.26 Å². The van der Waals surface area contributed by atoms with E-state index in [4.69, 9.17) is 5.73 Å². The molecule has 3 N–H and O–H groups in total. The summed E-state index contributed by atoms with van der Waals surface area (Å²) in [7, 11) is 1.64. The number of nitrogens with zero attached hydrogens (tertiary/aromatic N) is 7. The average molecular weight is 375 g/mol. The van der Waals surface area contributed by atoms with Gasteiger partial charge in [0, 0.05) is 37.1 Å². The standard InChI is InChI=1S/C17H13N9O2/c1-20-17-14(15(19)22-16(23-17)10-3-2-6-21-9-10)25-24-13-5-4-12(26(27)28)7-11(13)8-18/h2-7,9H,1H3,(H3,19,20,22,23)/b25-24+. The second-order valence-electron chi connectivity index (χ2n) is 5.39. The molecule has 0 spiro atoms. The van der Waals surface area contributed by atoms with Crippen molar-refractivity contribution in [3.8, 4) is 17.5 Å². The lowest BCUT2D eigenvalue weighted by atomic mass is 10.2. The van der Waals surface area contributed by atoms with Crippen molar-refractivity contribution in [3.05, 3.63) is 58.4 Å². The number of azo groups is 1. The number of nitrogens with one attached hydrogen (secondary N) is 1. The molecule has 0 saturated heterocycles. The van der Waals surface area contributed by atoms with Gasteiger partial charge in [-0.1, -0.05) is 0 Å². The van der Waals surface area contributed by atoms with Gasteiger partial charge in [0.05, 0.1) is 10.5 Å². The van der Waals surface area contributed by atoms with Crippen LogP contribution in [-0.2, 0) is 0 Å². The lowest BCUT2D eigenvalue weighted by Crippen LogP contribution is -2.02. The predicted octanol–water partition coefficient (Wildman–Crippen LogP) is 3.36. The number of rotatable bonds is 5. The van der Waals surface area contributed by atoms with Gasteiger partial charge in [-0.2, -0.15) is 5.26 Å². The van der Waals surface area contributed by atoms with E-state index in [1.54, 1.807) is 31.6 Å². The van der Waals surface area contributed by atoms with Crippen molar-refractivity contribution in [3.63, 3.8) is 0 Å². The molecule has 2 aromatic heterocycles. The molecule has 1 aromatic carbocycles. The van der Waals surface area contributed by atoms with Gasteiger partial charge >= 0.3 is 0 Å². The summed E-state index contributed by atoms with van der Waals surface area (Å²) < 4.78 is 0. The molecule has 0 aliphatic rings. The maximum absolute atomic E-state index is 10.8. The van der Waals surface area contributed by atoms with Crippen LogP contribution >= 0.6 is 0 Å². The van der Waals surface area contributed by atoms with Gasteiger partial charge in [0.25, 0.3) is 5.69 Å². The van der Waals surface area contributed by atoms with Crippen molar-refractivity contribution in [2.45, 2.75) is 0 Å². The predicted molar refractivity (Wildman–Crippen MR) is 101 cm³/mol. The van der Waals surface area contributed by atoms with E-state index in [0.29, 0.717) is 17.2 Å². The van der Waals surface area contributed by atoms with Gasteiger partial charge in [-0.15, -0.1) is 10.2 Å². The van der Waals surface area contributed by atoms with Crippen LogP contribution in [0.3, 0.4) is 0 Å². The molecule has 11 nitrogen and oxygen atoms in total. The highest BCUT2D eigenvalue weighted by Crippen LogP contribution is 2.33. The molecule has 2 heterocycles. The summed E-state index contributed by atoms with van der Waals surface area (Å²) in [5, 5.41) is 30.9. The molecule has 0 bridgehead atoms. The summed E-state index contributed by atoms with van der Waals surface area (Å²) in [5.74, 6) is 0.764. The first-order valence-corrected chi connectivity index (χ1v) is 7.89. The Morgan fingerprint density at radius 1 is 1.29 bits per heavy atom. The van der Waals surface area contributed by atoms with Crippen LogP contribution in [-0.4, -0.2) is 26.9 Å². The molecule has 11 heteroatoms. The van der Waals surface area contributed by atoms with Crippen molar-refractivity contribution in [1.82, 2.24) is 15.0 Å². The molecule has 3 aromatic rings. The van der Waals surface area contributed by atoms with Crippen LogP contribution in [0.5, 0.6) is 0 Å². The molecule has 0 fully saturated rings. The Kier molecular flexibility index (Phi) is 5.13. The van der Waals surface area contributed by atoms with E-state index in [1.807, 2.05) is 6.07 Å². The van der Waals surface area contributed by atoms with Gasteiger partial charge in [-0.3, -0.25) is 15.1 Å². The van der Waals surface area contributed by atoms with Crippen LogP contribution in [0, 0.1) is 21.4 Å². The number of pyridine rings is 1. The van der Waals surface area contributed by atoms with Gasteiger partial charge in [0.2, 0.25) is 0 Å². The first-order valence-electron chi connectivity index (χ1n) is 7.89. The van der Waals surface area contributed by atoms with Crippen molar-refractivity contribution < 1.29 is 4.92 Å². The Bertz CT molecular complexity index is 1110. The number of benzene rings is 1. The van der Waals surface area contributed by atoms with Crippen molar-refractivity contribution in [2.24, 2.45) is 10.2 Å². The van der Waals surface area contributed by atoms with E-state index in [0.717, 1.165) is 6.07 Å². The molecule has 0 saturated carbocycles. The Balaban J connectivity index is 2.01. The second-order valence-corrected chi connectivity index (χ2v) is 5.39. The fourth-order valence-electron chi connectivity index (χ4n) is 2.29. The van der Waals surface area contributed by atoms with Crippen LogP contribution in [0.25, 0.3) is 11.4 Å². The molecule has 138 valence electrons. The third-order valence-corrected chi connectivity index (χ3v) is 3.64. The minimum absolute atomic E-state index is 0.00966. The molecule has 0 atom stereocenters. The zero-order valence-electron chi connectivity index (χ0n) is 14.6. The molecule has 28 heavy (non-hydrogen) atoms. The van der Waals surface area contributed by atoms with Gasteiger partial charge in [0.15, 0.2) is 23.1 Å². The van der Waals surface area contributed by atoms with Crippen LogP contribution in [0.15, 0.2) is 53.0 Å². The maximum atomic E-state index is 10.8. The van der Waals surface area contributed by atoms with Crippen LogP contribution < -0.4 is 11.1 Å². The summed E-state index contributed by atoms with van der Waals surface area (Å²) in [6.45, 7) is 0. The highest BCUT2D eigenvalue weighted by molar-refractivity contribution is 5.75. The highest BCUT2D eigenvalue weighted by atomic mass is 16.6. The van der Waals surface area contributed by atoms with E-state index < -0.39 is 4.92 Å². The zero-order chi connectivity index (χ0) is 20.1. The van der Waals surface area contributed by atoms with Gasteiger partial charge < -0.3 is 11.1 Å². The first kappa shape index (κ1) is 18.3. The second kappa shape index (κ2) is 7.83. The fraction of sp³-hybridized carbons (Fsp3) is 0.0588. The number of aromatic nitrogens is 3. The molecule has 0 radical (unpaired) electrons. The lowest BCUT2D eigenvalue weighted by Gasteiger charge is -2.08. The number of hydrogen-bond acceptors (Lipinski definition) is 10. The number of hydrogen-bond donors (Lipinski definition) is 2. The van der Waals surface area contributed by atoms with E-state index in [1.165, 1.54) is 12.1 Å². The normalized spacial score (nSPS) is 10.6. The lowest BCUT2D eigenvalue weighted by molar-refractivity contribution is -0.384.